The van der Waals surface area contributed by atoms with Gasteiger partial charge in [0.05, 0.1) is 10.6 Å². The fourth-order valence-corrected chi connectivity index (χ4v) is 2.82. The highest BCUT2D eigenvalue weighted by Gasteiger charge is 2.14. The number of rotatable bonds is 3. The average Bonchev–Trinajstić information content (AvgIpc) is 2.62. The molecule has 0 N–H and O–H groups in total. The van der Waals surface area contributed by atoms with Crippen LogP contribution >= 0.6 is 22.9 Å². The molecule has 0 atom stereocenters. The minimum absolute atomic E-state index is 0.559. The van der Waals surface area contributed by atoms with Gasteiger partial charge in [-0.2, -0.15) is 0 Å². The smallest absolute Gasteiger partial charge is 0.120 e. The van der Waals surface area contributed by atoms with Gasteiger partial charge in [0.2, 0.25) is 0 Å². The van der Waals surface area contributed by atoms with Gasteiger partial charge in [-0.15, -0.1) is 22.9 Å². The van der Waals surface area contributed by atoms with Crippen LogP contribution in [0.1, 0.15) is 28.8 Å². The molecule has 1 aromatic rings. The molecular formula is C13H16ClNOS. The van der Waals surface area contributed by atoms with Crippen LogP contribution in [0, 0.1) is 6.92 Å². The van der Waals surface area contributed by atoms with Crippen LogP contribution in [0.3, 0.4) is 0 Å². The number of halogens is 1. The molecular weight excluding hydrogens is 254 g/mol. The quantitative estimate of drug-likeness (QED) is 0.607. The van der Waals surface area contributed by atoms with Crippen molar-refractivity contribution in [3.05, 3.63) is 33.7 Å². The predicted molar refractivity (Wildman–Crippen MR) is 75.5 cm³/mol. The first-order valence-electron chi connectivity index (χ1n) is 5.43. The van der Waals surface area contributed by atoms with Gasteiger partial charge in [0, 0.05) is 19.0 Å². The number of nitrogens with zero attached hydrogens (tertiary/aromatic N) is 1. The highest BCUT2D eigenvalue weighted by atomic mass is 35.5. The second-order valence-corrected chi connectivity index (χ2v) is 4.48. The summed E-state index contributed by atoms with van der Waals surface area (Å²) in [6, 6.07) is 0. The van der Waals surface area contributed by atoms with E-state index in [1.54, 1.807) is 11.3 Å². The van der Waals surface area contributed by atoms with Crippen LogP contribution in [-0.4, -0.2) is 18.4 Å². The third kappa shape index (κ3) is 3.51. The van der Waals surface area contributed by atoms with Gasteiger partial charge in [-0.05, 0) is 36.3 Å². The van der Waals surface area contributed by atoms with Gasteiger partial charge in [-0.3, -0.25) is 4.99 Å². The van der Waals surface area contributed by atoms with E-state index in [1.165, 1.54) is 22.4 Å². The number of carbonyl (C=O) groups is 1. The number of hydrogen-bond acceptors (Lipinski definition) is 3. The minimum atomic E-state index is 0.559. The zero-order valence-corrected chi connectivity index (χ0v) is 11.6. The van der Waals surface area contributed by atoms with Crippen molar-refractivity contribution in [2.75, 3.05) is 6.38 Å². The lowest BCUT2D eigenvalue weighted by molar-refractivity contribution is -0.107. The lowest BCUT2D eigenvalue weighted by atomic mass is 10.0. The van der Waals surface area contributed by atoms with Crippen molar-refractivity contribution in [3.8, 4) is 0 Å². The average molecular weight is 270 g/mol. The zero-order chi connectivity index (χ0) is 12.7. The second kappa shape index (κ2) is 7.41. The summed E-state index contributed by atoms with van der Waals surface area (Å²) in [6.45, 7) is 2.13. The molecule has 0 unspecified atom stereocenters. The van der Waals surface area contributed by atoms with Crippen LogP contribution in [0.15, 0.2) is 22.6 Å². The number of aliphatic imine (C=N–C) groups is 1. The molecule has 0 aliphatic carbocycles. The normalized spacial score (nSPS) is 13.0. The summed E-state index contributed by atoms with van der Waals surface area (Å²) in [4.78, 5) is 16.0. The topological polar surface area (TPSA) is 29.4 Å². The van der Waals surface area contributed by atoms with Crippen LogP contribution in [0.5, 0.6) is 0 Å². The molecule has 0 saturated heterocycles. The van der Waals surface area contributed by atoms with Gasteiger partial charge < -0.3 is 4.79 Å². The Bertz CT molecular complexity index is 435. The molecule has 2 heterocycles. The highest BCUT2D eigenvalue weighted by molar-refractivity contribution is 7.12. The van der Waals surface area contributed by atoms with Crippen molar-refractivity contribution in [1.29, 1.82) is 0 Å². The van der Waals surface area contributed by atoms with Gasteiger partial charge in [0.15, 0.2) is 0 Å². The lowest BCUT2D eigenvalue weighted by Crippen LogP contribution is -2.00. The number of fused-ring (bicyclic) bond motifs is 1. The standard InChI is InChI=1S/C12H13NOS.CH3Cl/c1-9-8-15-12-10(9)4-2-6-13-11(12)5-3-7-14;1-2/h2,6-8H,3-5H2,1H3;1H3. The Balaban J connectivity index is 0.000000686. The van der Waals surface area contributed by atoms with E-state index in [1.807, 2.05) is 6.20 Å². The fraction of sp³-hybridized carbons (Fsp3) is 0.385. The van der Waals surface area contributed by atoms with Crippen molar-refractivity contribution in [3.63, 3.8) is 0 Å². The van der Waals surface area contributed by atoms with Crippen molar-refractivity contribution in [2.45, 2.75) is 26.2 Å². The van der Waals surface area contributed by atoms with E-state index < -0.39 is 0 Å². The van der Waals surface area contributed by atoms with E-state index in [-0.39, 0.29) is 0 Å². The van der Waals surface area contributed by atoms with Crippen LogP contribution in [-0.2, 0) is 11.2 Å². The molecule has 0 fully saturated rings. The van der Waals surface area contributed by atoms with Gasteiger partial charge in [-0.1, -0.05) is 6.08 Å². The van der Waals surface area contributed by atoms with E-state index in [2.05, 4.69) is 35.0 Å². The van der Waals surface area contributed by atoms with Crippen molar-refractivity contribution in [1.82, 2.24) is 0 Å². The first-order chi connectivity index (χ1) is 8.33. The molecule has 92 valence electrons. The number of thiophene rings is 1. The Morgan fingerprint density at radius 1 is 1.53 bits per heavy atom. The maximum absolute atomic E-state index is 10.4. The van der Waals surface area contributed by atoms with Gasteiger partial charge in [0.25, 0.3) is 0 Å². The van der Waals surface area contributed by atoms with E-state index in [0.29, 0.717) is 6.42 Å². The SMILES string of the molecule is CCl.Cc1csc2c1CC=CN=C2CCC=O. The van der Waals surface area contributed by atoms with E-state index in [9.17, 15) is 4.79 Å². The van der Waals surface area contributed by atoms with Crippen LogP contribution < -0.4 is 0 Å². The molecule has 0 saturated carbocycles. The molecule has 0 amide bonds. The fourth-order valence-electron chi connectivity index (χ4n) is 1.71. The molecule has 17 heavy (non-hydrogen) atoms. The summed E-state index contributed by atoms with van der Waals surface area (Å²) < 4.78 is 0. The Labute approximate surface area is 111 Å². The number of carbonyl (C=O) groups excluding carboxylic acids is 1. The summed E-state index contributed by atoms with van der Waals surface area (Å²) in [6.07, 6.45) is 8.62. The number of alkyl halides is 1. The predicted octanol–water partition coefficient (Wildman–Crippen LogP) is 3.75. The molecule has 0 bridgehead atoms. The van der Waals surface area contributed by atoms with Crippen molar-refractivity contribution >= 4 is 34.9 Å². The first-order valence-corrected chi connectivity index (χ1v) is 7.07. The lowest BCUT2D eigenvalue weighted by Gasteiger charge is -2.02. The summed E-state index contributed by atoms with van der Waals surface area (Å²) in [7, 11) is 0. The molecule has 1 aromatic heterocycles. The third-order valence-corrected chi connectivity index (χ3v) is 3.71. The third-order valence-electron chi connectivity index (χ3n) is 2.52. The summed E-state index contributed by atoms with van der Waals surface area (Å²) in [5, 5.41) is 2.17. The van der Waals surface area contributed by atoms with E-state index in [0.717, 1.165) is 24.8 Å². The summed E-state index contributed by atoms with van der Waals surface area (Å²) >= 11 is 6.38. The van der Waals surface area contributed by atoms with Gasteiger partial charge in [0.1, 0.15) is 6.29 Å². The summed E-state index contributed by atoms with van der Waals surface area (Å²) in [5.41, 5.74) is 3.77. The maximum Gasteiger partial charge on any atom is 0.120 e. The van der Waals surface area contributed by atoms with Crippen LogP contribution in [0.4, 0.5) is 0 Å². The zero-order valence-electron chi connectivity index (χ0n) is 10.1. The largest absolute Gasteiger partial charge is 0.303 e. The Hall–Kier alpha value is -0.930. The monoisotopic (exact) mass is 269 g/mol. The molecule has 4 heteroatoms. The molecule has 1 aliphatic rings. The number of allylic oxidation sites excluding steroid dienone is 1. The molecule has 0 spiro atoms. The molecule has 2 nitrogen and oxygen atoms in total. The summed E-state index contributed by atoms with van der Waals surface area (Å²) in [5.74, 6) is 0. The molecule has 2 rings (SSSR count). The second-order valence-electron chi connectivity index (χ2n) is 3.60. The number of aldehydes is 1. The first kappa shape index (κ1) is 14.1. The minimum Gasteiger partial charge on any atom is -0.303 e. The Kier molecular flexibility index (Phi) is 6.16. The van der Waals surface area contributed by atoms with E-state index in [4.69, 9.17) is 0 Å². The van der Waals surface area contributed by atoms with E-state index >= 15 is 0 Å². The maximum atomic E-state index is 10.4. The molecule has 0 aromatic carbocycles. The van der Waals surface area contributed by atoms with Crippen LogP contribution in [0.2, 0.25) is 0 Å². The highest BCUT2D eigenvalue weighted by Crippen LogP contribution is 2.26. The van der Waals surface area contributed by atoms with Crippen molar-refractivity contribution in [2.24, 2.45) is 4.99 Å². The molecule has 0 radical (unpaired) electrons. The Morgan fingerprint density at radius 3 is 3.00 bits per heavy atom. The Morgan fingerprint density at radius 2 is 2.29 bits per heavy atom. The van der Waals surface area contributed by atoms with Crippen molar-refractivity contribution < 1.29 is 4.79 Å². The molecule has 1 aliphatic heterocycles. The van der Waals surface area contributed by atoms with Gasteiger partial charge >= 0.3 is 0 Å². The van der Waals surface area contributed by atoms with Crippen LogP contribution in [0.25, 0.3) is 0 Å². The number of aryl methyl sites for hydroxylation is 1. The van der Waals surface area contributed by atoms with Gasteiger partial charge in [-0.25, -0.2) is 0 Å². The number of hydrogen-bond donors (Lipinski definition) is 0.